The zero-order chi connectivity index (χ0) is 31.8. The lowest BCUT2D eigenvalue weighted by Gasteiger charge is -2.27. The van der Waals surface area contributed by atoms with Crippen LogP contribution in [0.15, 0.2) is 35.3 Å². The number of hydrogen-bond donors (Lipinski definition) is 7. The molecule has 234 valence electrons. The molecule has 1 rings (SSSR count). The van der Waals surface area contributed by atoms with Crippen molar-refractivity contribution in [1.29, 1.82) is 0 Å². The van der Waals surface area contributed by atoms with Gasteiger partial charge in [-0.1, -0.05) is 58.0 Å². The fourth-order valence-corrected chi connectivity index (χ4v) is 4.32. The SMILES string of the molecule is CC(=O)N[C@@H](Cc1ccccc1)C(=O)N[C@@H](CC(C)C)C(=O)N[C@@H](CC(C)C)C(=O)N[C@@H](CCCN=C(N)N)C(N)=O. The van der Waals surface area contributed by atoms with Gasteiger partial charge in [0, 0.05) is 19.9 Å². The van der Waals surface area contributed by atoms with E-state index in [1.165, 1.54) is 6.92 Å². The van der Waals surface area contributed by atoms with Gasteiger partial charge < -0.3 is 38.5 Å². The molecule has 0 fully saturated rings. The predicted molar refractivity (Wildman–Crippen MR) is 162 cm³/mol. The zero-order valence-corrected chi connectivity index (χ0v) is 25.3. The summed E-state index contributed by atoms with van der Waals surface area (Å²) in [5, 5.41) is 10.8. The van der Waals surface area contributed by atoms with Gasteiger partial charge in [-0.3, -0.25) is 29.0 Å². The zero-order valence-electron chi connectivity index (χ0n) is 25.3. The maximum absolute atomic E-state index is 13.5. The number of nitrogens with two attached hydrogens (primary N) is 3. The summed E-state index contributed by atoms with van der Waals surface area (Å²) in [7, 11) is 0. The van der Waals surface area contributed by atoms with Gasteiger partial charge in [-0.2, -0.15) is 0 Å². The maximum atomic E-state index is 13.5. The molecule has 0 heterocycles. The Kier molecular flexibility index (Phi) is 15.6. The minimum Gasteiger partial charge on any atom is -0.370 e. The third-order valence-corrected chi connectivity index (χ3v) is 6.26. The van der Waals surface area contributed by atoms with Gasteiger partial charge in [-0.25, -0.2) is 0 Å². The van der Waals surface area contributed by atoms with E-state index < -0.39 is 47.8 Å². The standard InChI is InChI=1S/C29H48N8O5/c1-17(2)14-22(26(40)35-21(25(30)39)12-9-13-33-29(31)32)36-27(41)23(15-18(3)4)37-28(42)24(34-19(5)38)16-20-10-7-6-8-11-20/h6-8,10-11,17-18,21-24H,9,12-16H2,1-5H3,(H2,30,39)(H,34,38)(H,35,40)(H,36,41)(H,37,42)(H4,31,32,33)/t21-,22-,23-,24-/m0/s1. The summed E-state index contributed by atoms with van der Waals surface area (Å²) < 4.78 is 0. The van der Waals surface area contributed by atoms with E-state index in [1.807, 2.05) is 58.0 Å². The van der Waals surface area contributed by atoms with Gasteiger partial charge in [0.05, 0.1) is 0 Å². The highest BCUT2D eigenvalue weighted by molar-refractivity contribution is 5.95. The van der Waals surface area contributed by atoms with E-state index in [4.69, 9.17) is 17.2 Å². The number of nitrogens with one attached hydrogen (secondary N) is 4. The van der Waals surface area contributed by atoms with Crippen LogP contribution in [0.5, 0.6) is 0 Å². The fraction of sp³-hybridized carbons (Fsp3) is 0.586. The highest BCUT2D eigenvalue weighted by Crippen LogP contribution is 2.11. The average molecular weight is 589 g/mol. The van der Waals surface area contributed by atoms with Crippen LogP contribution in [0.4, 0.5) is 0 Å². The van der Waals surface area contributed by atoms with Crippen LogP contribution in [-0.4, -0.2) is 66.2 Å². The molecule has 4 atom stereocenters. The Hall–Kier alpha value is -4.16. The second-order valence-corrected chi connectivity index (χ2v) is 11.2. The Morgan fingerprint density at radius 3 is 1.62 bits per heavy atom. The molecule has 0 aromatic heterocycles. The molecule has 1 aromatic carbocycles. The number of primary amides is 1. The van der Waals surface area contributed by atoms with Crippen LogP contribution in [0.1, 0.15) is 65.9 Å². The highest BCUT2D eigenvalue weighted by Gasteiger charge is 2.31. The van der Waals surface area contributed by atoms with Gasteiger partial charge in [-0.15, -0.1) is 0 Å². The molecule has 5 amide bonds. The number of guanidine groups is 1. The van der Waals surface area contributed by atoms with Crippen LogP contribution in [-0.2, 0) is 30.4 Å². The minimum absolute atomic E-state index is 0.0168. The quantitative estimate of drug-likeness (QED) is 0.0695. The molecule has 0 radical (unpaired) electrons. The van der Waals surface area contributed by atoms with Crippen molar-refractivity contribution >= 4 is 35.5 Å². The average Bonchev–Trinajstić information content (AvgIpc) is 2.88. The van der Waals surface area contributed by atoms with Crippen LogP contribution in [0, 0.1) is 11.8 Å². The summed E-state index contributed by atoms with van der Waals surface area (Å²) >= 11 is 0. The van der Waals surface area contributed by atoms with Crippen molar-refractivity contribution in [3.8, 4) is 0 Å². The second-order valence-electron chi connectivity index (χ2n) is 11.2. The maximum Gasteiger partial charge on any atom is 0.243 e. The summed E-state index contributed by atoms with van der Waals surface area (Å²) in [5.74, 6) is -2.79. The molecule has 0 aliphatic heterocycles. The Labute approximate surface area is 248 Å². The van der Waals surface area contributed by atoms with Gasteiger partial charge in [0.2, 0.25) is 29.5 Å². The summed E-state index contributed by atoms with van der Waals surface area (Å²) in [6.07, 6.45) is 1.41. The summed E-state index contributed by atoms with van der Waals surface area (Å²) in [4.78, 5) is 67.7. The van der Waals surface area contributed by atoms with E-state index in [-0.39, 0.29) is 49.5 Å². The molecule has 42 heavy (non-hydrogen) atoms. The third kappa shape index (κ3) is 14.5. The van der Waals surface area contributed by atoms with Crippen molar-refractivity contribution in [3.05, 3.63) is 35.9 Å². The second kappa shape index (κ2) is 18.3. The number of benzene rings is 1. The van der Waals surface area contributed by atoms with Crippen LogP contribution in [0.25, 0.3) is 0 Å². The van der Waals surface area contributed by atoms with Gasteiger partial charge in [-0.05, 0) is 43.1 Å². The van der Waals surface area contributed by atoms with Crippen molar-refractivity contribution in [2.24, 2.45) is 34.0 Å². The Morgan fingerprint density at radius 1 is 0.714 bits per heavy atom. The van der Waals surface area contributed by atoms with Gasteiger partial charge >= 0.3 is 0 Å². The largest absolute Gasteiger partial charge is 0.370 e. The molecule has 0 bridgehead atoms. The first kappa shape index (κ1) is 35.9. The van der Waals surface area contributed by atoms with E-state index >= 15 is 0 Å². The molecule has 0 saturated heterocycles. The van der Waals surface area contributed by atoms with E-state index in [1.54, 1.807) is 0 Å². The molecular formula is C29H48N8O5. The number of carbonyl (C=O) groups excluding carboxylic acids is 5. The summed E-state index contributed by atoms with van der Waals surface area (Å²) in [5.41, 5.74) is 17.0. The normalized spacial score (nSPS) is 13.8. The lowest BCUT2D eigenvalue weighted by molar-refractivity contribution is -0.134. The van der Waals surface area contributed by atoms with E-state index in [0.717, 1.165) is 5.56 Å². The van der Waals surface area contributed by atoms with E-state index in [0.29, 0.717) is 12.8 Å². The highest BCUT2D eigenvalue weighted by atomic mass is 16.2. The minimum atomic E-state index is -0.987. The van der Waals surface area contributed by atoms with Crippen molar-refractivity contribution < 1.29 is 24.0 Å². The third-order valence-electron chi connectivity index (χ3n) is 6.26. The molecule has 0 unspecified atom stereocenters. The molecule has 0 saturated carbocycles. The van der Waals surface area contributed by atoms with Crippen molar-refractivity contribution in [1.82, 2.24) is 21.3 Å². The molecule has 1 aromatic rings. The van der Waals surface area contributed by atoms with Gasteiger partial charge in [0.15, 0.2) is 5.96 Å². The monoisotopic (exact) mass is 588 g/mol. The first-order valence-electron chi connectivity index (χ1n) is 14.3. The number of amides is 5. The smallest absolute Gasteiger partial charge is 0.243 e. The first-order valence-corrected chi connectivity index (χ1v) is 14.3. The molecule has 13 nitrogen and oxygen atoms in total. The molecule has 0 aliphatic carbocycles. The Bertz CT molecular complexity index is 1070. The lowest BCUT2D eigenvalue weighted by atomic mass is 9.99. The van der Waals surface area contributed by atoms with Crippen molar-refractivity contribution in [3.63, 3.8) is 0 Å². The molecular weight excluding hydrogens is 540 g/mol. The molecule has 0 aliphatic rings. The molecule has 10 N–H and O–H groups in total. The van der Waals surface area contributed by atoms with Crippen LogP contribution in [0.3, 0.4) is 0 Å². The van der Waals surface area contributed by atoms with Crippen molar-refractivity contribution in [2.75, 3.05) is 6.54 Å². The van der Waals surface area contributed by atoms with Gasteiger partial charge in [0.1, 0.15) is 24.2 Å². The number of aliphatic imine (C=N–C) groups is 1. The lowest BCUT2D eigenvalue weighted by Crippen LogP contribution is -2.58. The van der Waals surface area contributed by atoms with E-state index in [2.05, 4.69) is 26.3 Å². The summed E-state index contributed by atoms with van der Waals surface area (Å²) in [6.45, 7) is 9.16. The number of nitrogens with zero attached hydrogens (tertiary/aromatic N) is 1. The molecule has 0 spiro atoms. The van der Waals surface area contributed by atoms with E-state index in [9.17, 15) is 24.0 Å². The van der Waals surface area contributed by atoms with Crippen LogP contribution in [0.2, 0.25) is 0 Å². The Balaban J connectivity index is 3.07. The predicted octanol–water partition coefficient (Wildman–Crippen LogP) is -0.181. The topological polar surface area (TPSA) is 224 Å². The number of rotatable bonds is 18. The van der Waals surface area contributed by atoms with Gasteiger partial charge in [0.25, 0.3) is 0 Å². The Morgan fingerprint density at radius 2 is 1.19 bits per heavy atom. The first-order chi connectivity index (χ1) is 19.7. The number of carbonyl (C=O) groups is 5. The van der Waals surface area contributed by atoms with Crippen molar-refractivity contribution in [2.45, 2.75) is 90.9 Å². The fourth-order valence-electron chi connectivity index (χ4n) is 4.32. The number of hydrogen-bond acceptors (Lipinski definition) is 6. The molecule has 13 heteroatoms. The van der Waals surface area contributed by atoms with Crippen LogP contribution >= 0.6 is 0 Å². The summed E-state index contributed by atoms with van der Waals surface area (Å²) in [6, 6.07) is 5.35. The van der Waals surface area contributed by atoms with Crippen LogP contribution < -0.4 is 38.5 Å².